The maximum Gasteiger partial charge on any atom is 0.353 e. The summed E-state index contributed by atoms with van der Waals surface area (Å²) in [7, 11) is 1.55. The minimum Gasteiger partial charge on any atom is -0.478 e. The van der Waals surface area contributed by atoms with Crippen molar-refractivity contribution < 1.29 is 49.1 Å². The minimum absolute atomic E-state index is 0.0764. The first-order valence-corrected chi connectivity index (χ1v) is 27.4. The van der Waals surface area contributed by atoms with Crippen LogP contribution in [-0.2, 0) is 41.6 Å². The molecule has 2 aliphatic heterocycles. The number of ether oxygens (including phenoxy) is 1. The number of rotatable bonds is 16. The van der Waals surface area contributed by atoms with Crippen molar-refractivity contribution in [1.82, 2.24) is 31.6 Å². The Morgan fingerprint density at radius 1 is 1.00 bits per heavy atom. The molecule has 16 nitrogen and oxygen atoms in total. The molecule has 2 amide bonds. The number of pyridine rings is 1. The van der Waals surface area contributed by atoms with Crippen molar-refractivity contribution >= 4 is 47.6 Å². The molecule has 4 bridgehead atoms. The van der Waals surface area contributed by atoms with Crippen LogP contribution in [0.3, 0.4) is 0 Å². The number of thioether (sulfide) groups is 1. The van der Waals surface area contributed by atoms with Crippen LogP contribution in [-0.4, -0.2) is 110 Å². The second-order valence-corrected chi connectivity index (χ2v) is 22.9. The Kier molecular flexibility index (Phi) is 14.5. The molecule has 1 aromatic heterocycles. The normalized spacial score (nSPS) is 30.1. The number of hydrogen-bond acceptors (Lipinski definition) is 13. The molecule has 2 spiro atoms. The number of aliphatic hydroxyl groups is 2. The number of allylic oxidation sites excluding steroid dienone is 2. The summed E-state index contributed by atoms with van der Waals surface area (Å²) in [5.41, 5.74) is 3.29. The lowest BCUT2D eigenvalue weighted by Crippen LogP contribution is -2.62. The SMILES string of the molecule is CNCNC(O)(CCC(=O)NC(CSC1C2=C3C(CCCCCC14CCCC4)CC(Cc1ccncc1)=C1C3(C#CCc3cccc4c3C3CCC15NCCC(C=C4)C35)C(=O)O2)C(=O)NC(O)C(=O)O)C(=O)O. The largest absolute Gasteiger partial charge is 0.478 e. The van der Waals surface area contributed by atoms with Crippen LogP contribution in [0.1, 0.15) is 124 Å². The third-order valence-corrected chi connectivity index (χ3v) is 19.2. The average molecular weight is 1020 g/mol. The van der Waals surface area contributed by atoms with Gasteiger partial charge in [0.2, 0.25) is 23.8 Å². The van der Waals surface area contributed by atoms with Crippen molar-refractivity contribution in [3.8, 4) is 11.8 Å². The molecule has 2 saturated carbocycles. The predicted octanol–water partition coefficient (Wildman–Crippen LogP) is 4.82. The van der Waals surface area contributed by atoms with Crippen LogP contribution in [0.4, 0.5) is 0 Å². The van der Waals surface area contributed by atoms with Crippen molar-refractivity contribution in [1.29, 1.82) is 0 Å². The van der Waals surface area contributed by atoms with E-state index >= 15 is 4.79 Å². The first kappa shape index (κ1) is 51.1. The Morgan fingerprint density at radius 2 is 1.78 bits per heavy atom. The van der Waals surface area contributed by atoms with Crippen LogP contribution >= 0.6 is 11.8 Å². The second-order valence-electron chi connectivity index (χ2n) is 21.7. The van der Waals surface area contributed by atoms with Crippen molar-refractivity contribution in [3.05, 3.63) is 93.5 Å². The lowest BCUT2D eigenvalue weighted by atomic mass is 9.52. The highest BCUT2D eigenvalue weighted by Crippen LogP contribution is 2.68. The van der Waals surface area contributed by atoms with Gasteiger partial charge >= 0.3 is 17.9 Å². The summed E-state index contributed by atoms with van der Waals surface area (Å²) in [6, 6.07) is 9.27. The Balaban J connectivity index is 1.13. The maximum atomic E-state index is 16.2. The molecule has 10 atom stereocenters. The van der Waals surface area contributed by atoms with E-state index in [2.05, 4.69) is 85.9 Å². The fraction of sp³-hybridized carbons (Fsp3) is 0.571. The topological polar surface area (TPSA) is 249 Å². The summed E-state index contributed by atoms with van der Waals surface area (Å²) in [5.74, 6) is 3.11. The first-order valence-electron chi connectivity index (χ1n) is 26.3. The number of carboxylic acid groups (broad SMARTS) is 2. The molecule has 0 radical (unpaired) electrons. The average Bonchev–Trinajstić information content (AvgIpc) is 4.08. The van der Waals surface area contributed by atoms with E-state index in [1.807, 2.05) is 12.4 Å². The quantitative estimate of drug-likeness (QED) is 0.0474. The fourth-order valence-corrected chi connectivity index (χ4v) is 16.3. The highest BCUT2D eigenvalue weighted by Gasteiger charge is 2.68. The summed E-state index contributed by atoms with van der Waals surface area (Å²) in [6.45, 7) is 0.698. The third-order valence-electron chi connectivity index (χ3n) is 17.7. The standard InChI is InChI=1S/C56H68N6O10S/c1-57-32-60-56(71,51(68)69)25-16-41(63)61-40(48(64)62-49(65)50(66)67)31-73-47-45-44-37(9-3-2-4-20-53(47)21-5-6-22-53)30-38(29-33-17-26-58-27-18-33)46-54(44,52(70)72-45)23-8-12-34-10-7-11-35-13-14-36-19-28-59-55(46)24-15-39(42(34)35)43(36)55/h7,10-11,13-14,17-18,26-27,36-37,39-40,43,47,49,57,59-60,65,71H,2-6,9,12,15-16,19-22,24-25,28-32H2,1H3,(H,61,63)(H,62,64)(H,66,67)(H,68,69). The van der Waals surface area contributed by atoms with Crippen LogP contribution in [0.15, 0.2) is 71.3 Å². The number of nitrogens with one attached hydrogen (secondary N) is 5. The number of aromatic nitrogens is 1. The van der Waals surface area contributed by atoms with Crippen LogP contribution < -0.4 is 26.6 Å². The predicted molar refractivity (Wildman–Crippen MR) is 273 cm³/mol. The van der Waals surface area contributed by atoms with Gasteiger partial charge in [-0.3, -0.25) is 19.9 Å². The van der Waals surface area contributed by atoms with E-state index in [4.69, 9.17) is 4.74 Å². The van der Waals surface area contributed by atoms with E-state index < -0.39 is 70.8 Å². The highest BCUT2D eigenvalue weighted by atomic mass is 32.2. The molecule has 3 heterocycles. The van der Waals surface area contributed by atoms with Crippen LogP contribution in [0.2, 0.25) is 0 Å². The van der Waals surface area contributed by atoms with Crippen molar-refractivity contribution in [3.63, 3.8) is 0 Å². The Hall–Kier alpha value is -5.35. The van der Waals surface area contributed by atoms with Gasteiger partial charge in [-0.25, -0.2) is 14.4 Å². The number of carbonyl (C=O) groups excluding carboxylic acids is 3. The van der Waals surface area contributed by atoms with Gasteiger partial charge in [0, 0.05) is 55.2 Å². The van der Waals surface area contributed by atoms with Crippen molar-refractivity contribution in [2.24, 2.45) is 28.6 Å². The number of nitrogens with zero attached hydrogens (tertiary/aromatic N) is 1. The van der Waals surface area contributed by atoms with Crippen molar-refractivity contribution in [2.45, 2.75) is 144 Å². The molecule has 6 aliphatic carbocycles. The zero-order valence-corrected chi connectivity index (χ0v) is 42.3. The molecule has 1 saturated heterocycles. The van der Waals surface area contributed by atoms with E-state index in [1.165, 1.54) is 34.0 Å². The molecule has 10 rings (SSSR count). The van der Waals surface area contributed by atoms with Gasteiger partial charge in [-0.05, 0) is 140 Å². The summed E-state index contributed by atoms with van der Waals surface area (Å²) < 4.78 is 7.08. The number of carboxylic acids is 2. The van der Waals surface area contributed by atoms with E-state index in [-0.39, 0.29) is 47.5 Å². The number of piperidine rings is 1. The van der Waals surface area contributed by atoms with Gasteiger partial charge < -0.3 is 46.4 Å². The summed E-state index contributed by atoms with van der Waals surface area (Å²) in [5, 5.41) is 54.3. The maximum absolute atomic E-state index is 16.2. The Labute approximate surface area is 430 Å². The van der Waals surface area contributed by atoms with Gasteiger partial charge in [0.15, 0.2) is 5.41 Å². The second kappa shape index (κ2) is 20.8. The summed E-state index contributed by atoms with van der Waals surface area (Å²) in [4.78, 5) is 72.3. The Morgan fingerprint density at radius 3 is 2.53 bits per heavy atom. The van der Waals surface area contributed by atoms with Gasteiger partial charge in [0.05, 0.1) is 5.25 Å². The Bertz CT molecular complexity index is 2690. The molecule has 9 N–H and O–H groups in total. The number of aliphatic carboxylic acids is 2. The third kappa shape index (κ3) is 9.24. The number of benzene rings is 1. The molecule has 1 aromatic carbocycles. The fourth-order valence-electron chi connectivity index (χ4n) is 14.6. The number of hydrogen-bond donors (Lipinski definition) is 9. The highest BCUT2D eigenvalue weighted by molar-refractivity contribution is 8.00. The molecule has 17 heteroatoms. The van der Waals surface area contributed by atoms with Gasteiger partial charge in [-0.2, -0.15) is 0 Å². The van der Waals surface area contributed by atoms with Gasteiger partial charge in [-0.1, -0.05) is 79.9 Å². The molecule has 388 valence electrons. The lowest BCUT2D eigenvalue weighted by molar-refractivity contribution is -0.164. The number of amides is 2. The number of carbonyl (C=O) groups is 5. The van der Waals surface area contributed by atoms with E-state index in [9.17, 15) is 39.6 Å². The summed E-state index contributed by atoms with van der Waals surface area (Å²) in [6.07, 6.45) is 17.8. The first-order chi connectivity index (χ1) is 35.2. The lowest BCUT2D eigenvalue weighted by Gasteiger charge is -2.53. The molecule has 2 aromatic rings. The molecule has 3 fully saturated rings. The van der Waals surface area contributed by atoms with Gasteiger partial charge in [0.1, 0.15) is 11.8 Å². The van der Waals surface area contributed by atoms with Gasteiger partial charge in [-0.15, -0.1) is 11.8 Å². The van der Waals surface area contributed by atoms with Gasteiger partial charge in [0.25, 0.3) is 0 Å². The minimum atomic E-state index is -2.47. The summed E-state index contributed by atoms with van der Waals surface area (Å²) >= 11 is 1.40. The monoisotopic (exact) mass is 1020 g/mol. The van der Waals surface area contributed by atoms with Crippen molar-refractivity contribution in [2.75, 3.05) is 26.0 Å². The van der Waals surface area contributed by atoms with Crippen LogP contribution in [0, 0.1) is 40.4 Å². The van der Waals surface area contributed by atoms with E-state index in [0.717, 1.165) is 100 Å². The van der Waals surface area contributed by atoms with E-state index in [0.29, 0.717) is 25.0 Å². The molecular formula is C56H68N6O10S. The van der Waals surface area contributed by atoms with E-state index in [1.54, 1.807) is 7.05 Å². The number of aliphatic hydroxyl groups excluding tert-OH is 1. The molecule has 10 unspecified atom stereocenters. The van der Waals surface area contributed by atoms with Crippen LogP contribution in [0.5, 0.6) is 0 Å². The number of esters is 1. The van der Waals surface area contributed by atoms with Crippen LogP contribution in [0.25, 0.3) is 6.08 Å². The molecule has 73 heavy (non-hydrogen) atoms. The zero-order chi connectivity index (χ0) is 51.1. The zero-order valence-electron chi connectivity index (χ0n) is 41.5. The smallest absolute Gasteiger partial charge is 0.353 e. The molecule has 8 aliphatic rings. The molecular weight excluding hydrogens is 949 g/mol.